The Hall–Kier alpha value is -1.95. The predicted octanol–water partition coefficient (Wildman–Crippen LogP) is 0.861. The topological polar surface area (TPSA) is 101 Å². The minimum atomic E-state index is -3.73. The molecule has 21 heavy (non-hydrogen) atoms. The molecular formula is C12H12ClN5O2S. The fourth-order valence-electron chi connectivity index (χ4n) is 1.66. The normalized spacial score (nSPS) is 11.3. The number of halogens is 1. The van der Waals surface area contributed by atoms with Crippen molar-refractivity contribution in [3.63, 3.8) is 0 Å². The molecule has 0 atom stereocenters. The number of sulfonamides is 1. The molecule has 0 aliphatic carbocycles. The number of rotatable bonds is 5. The van der Waals surface area contributed by atoms with Gasteiger partial charge in [-0.3, -0.25) is 4.68 Å². The molecule has 0 saturated heterocycles. The second-order valence-corrected chi connectivity index (χ2v) is 6.38. The Kier molecular flexibility index (Phi) is 4.57. The molecule has 0 bridgehead atoms. The zero-order chi connectivity index (χ0) is 15.5. The van der Waals surface area contributed by atoms with Crippen molar-refractivity contribution >= 4 is 21.6 Å². The molecule has 0 aliphatic heterocycles. The molecule has 110 valence electrons. The Balaban J connectivity index is 2.06. The molecule has 2 rings (SSSR count). The van der Waals surface area contributed by atoms with Gasteiger partial charge in [0, 0.05) is 20.0 Å². The van der Waals surface area contributed by atoms with Crippen molar-refractivity contribution in [2.24, 2.45) is 7.05 Å². The van der Waals surface area contributed by atoms with Crippen molar-refractivity contribution < 1.29 is 8.42 Å². The molecular weight excluding hydrogens is 314 g/mol. The average Bonchev–Trinajstić information content (AvgIpc) is 2.83. The van der Waals surface area contributed by atoms with Crippen LogP contribution in [0.4, 0.5) is 0 Å². The summed E-state index contributed by atoms with van der Waals surface area (Å²) in [4.78, 5) is 3.95. The van der Waals surface area contributed by atoms with Crippen LogP contribution < -0.4 is 4.72 Å². The third kappa shape index (κ3) is 3.78. The van der Waals surface area contributed by atoms with Crippen molar-refractivity contribution in [1.29, 1.82) is 5.26 Å². The zero-order valence-corrected chi connectivity index (χ0v) is 12.7. The number of benzene rings is 1. The van der Waals surface area contributed by atoms with Crippen LogP contribution in [0.25, 0.3) is 0 Å². The highest BCUT2D eigenvalue weighted by Crippen LogP contribution is 2.22. The van der Waals surface area contributed by atoms with Crippen LogP contribution in [-0.2, 0) is 23.5 Å². The number of aryl methyl sites for hydroxylation is 1. The lowest BCUT2D eigenvalue weighted by atomic mass is 10.2. The number of nitriles is 1. The largest absolute Gasteiger partial charge is 0.256 e. The van der Waals surface area contributed by atoms with E-state index in [1.165, 1.54) is 18.2 Å². The summed E-state index contributed by atoms with van der Waals surface area (Å²) in [5.41, 5.74) is 0.302. The second-order valence-electron chi connectivity index (χ2n) is 4.24. The first-order valence-corrected chi connectivity index (χ1v) is 7.82. The van der Waals surface area contributed by atoms with Gasteiger partial charge in [-0.1, -0.05) is 11.6 Å². The molecule has 0 spiro atoms. The van der Waals surface area contributed by atoms with Gasteiger partial charge in [0.25, 0.3) is 0 Å². The lowest BCUT2D eigenvalue weighted by Gasteiger charge is -2.07. The van der Waals surface area contributed by atoms with Crippen LogP contribution in [-0.4, -0.2) is 29.7 Å². The van der Waals surface area contributed by atoms with Gasteiger partial charge in [-0.25, -0.2) is 18.1 Å². The molecule has 1 aromatic carbocycles. The van der Waals surface area contributed by atoms with E-state index in [1.807, 2.05) is 6.07 Å². The van der Waals surface area contributed by atoms with Crippen molar-refractivity contribution in [1.82, 2.24) is 19.5 Å². The maximum atomic E-state index is 12.1. The van der Waals surface area contributed by atoms with E-state index in [9.17, 15) is 8.42 Å². The van der Waals surface area contributed by atoms with E-state index in [0.29, 0.717) is 17.8 Å². The number of nitrogens with one attached hydrogen (secondary N) is 1. The van der Waals surface area contributed by atoms with E-state index in [2.05, 4.69) is 14.8 Å². The summed E-state index contributed by atoms with van der Waals surface area (Å²) in [5, 5.41) is 12.8. The first-order valence-electron chi connectivity index (χ1n) is 5.96. The summed E-state index contributed by atoms with van der Waals surface area (Å²) in [7, 11) is -2.00. The Morgan fingerprint density at radius 1 is 1.48 bits per heavy atom. The first-order chi connectivity index (χ1) is 9.92. The smallest absolute Gasteiger partial charge is 0.242 e. The van der Waals surface area contributed by atoms with Crippen LogP contribution in [0.3, 0.4) is 0 Å². The molecule has 0 radical (unpaired) electrons. The predicted molar refractivity (Wildman–Crippen MR) is 76.1 cm³/mol. The number of hydrogen-bond donors (Lipinski definition) is 1. The molecule has 0 amide bonds. The molecule has 0 fully saturated rings. The van der Waals surface area contributed by atoms with E-state index in [-0.39, 0.29) is 16.5 Å². The quantitative estimate of drug-likeness (QED) is 0.878. The Bertz CT molecular complexity index is 794. The summed E-state index contributed by atoms with van der Waals surface area (Å²) in [6.07, 6.45) is 1.91. The molecule has 2 aromatic rings. The Morgan fingerprint density at radius 3 is 2.81 bits per heavy atom. The Labute approximate surface area is 127 Å². The van der Waals surface area contributed by atoms with E-state index < -0.39 is 10.0 Å². The third-order valence-corrected chi connectivity index (χ3v) is 4.58. The lowest BCUT2D eigenvalue weighted by Crippen LogP contribution is -2.26. The zero-order valence-electron chi connectivity index (χ0n) is 11.1. The number of hydrogen-bond acceptors (Lipinski definition) is 5. The number of aromatic nitrogens is 3. The van der Waals surface area contributed by atoms with Crippen LogP contribution in [0.15, 0.2) is 29.4 Å². The molecule has 9 heteroatoms. The van der Waals surface area contributed by atoms with Crippen LogP contribution in [0.1, 0.15) is 11.4 Å². The van der Waals surface area contributed by atoms with Gasteiger partial charge in [-0.15, -0.1) is 0 Å². The van der Waals surface area contributed by atoms with Crippen molar-refractivity contribution in [3.8, 4) is 6.07 Å². The monoisotopic (exact) mass is 325 g/mol. The fraction of sp³-hybridized carbons (Fsp3) is 0.250. The molecule has 0 aliphatic rings. The van der Waals surface area contributed by atoms with E-state index in [4.69, 9.17) is 16.9 Å². The highest BCUT2D eigenvalue weighted by molar-refractivity contribution is 7.89. The fourth-order valence-corrected chi connectivity index (χ4v) is 3.24. The summed E-state index contributed by atoms with van der Waals surface area (Å²) in [5.74, 6) is 0.547. The summed E-state index contributed by atoms with van der Waals surface area (Å²) >= 11 is 5.89. The second kappa shape index (κ2) is 6.22. The maximum absolute atomic E-state index is 12.1. The highest BCUT2D eigenvalue weighted by Gasteiger charge is 2.18. The van der Waals surface area contributed by atoms with Gasteiger partial charge < -0.3 is 0 Å². The van der Waals surface area contributed by atoms with Crippen LogP contribution in [0, 0.1) is 11.3 Å². The van der Waals surface area contributed by atoms with E-state index >= 15 is 0 Å². The molecule has 0 unspecified atom stereocenters. The van der Waals surface area contributed by atoms with Gasteiger partial charge in [-0.05, 0) is 18.2 Å². The molecule has 1 aromatic heterocycles. The summed E-state index contributed by atoms with van der Waals surface area (Å²) in [6, 6.07) is 5.92. The summed E-state index contributed by atoms with van der Waals surface area (Å²) in [6.45, 7) is 0.155. The van der Waals surface area contributed by atoms with Gasteiger partial charge >= 0.3 is 0 Å². The van der Waals surface area contributed by atoms with Crippen molar-refractivity contribution in [3.05, 3.63) is 40.9 Å². The maximum Gasteiger partial charge on any atom is 0.242 e. The Morgan fingerprint density at radius 2 is 2.24 bits per heavy atom. The molecule has 0 saturated carbocycles. The third-order valence-electron chi connectivity index (χ3n) is 2.64. The van der Waals surface area contributed by atoms with Crippen molar-refractivity contribution in [2.45, 2.75) is 11.3 Å². The van der Waals surface area contributed by atoms with Crippen molar-refractivity contribution in [2.75, 3.05) is 6.54 Å². The summed E-state index contributed by atoms with van der Waals surface area (Å²) < 4.78 is 28.2. The standard InChI is InChI=1S/C12H12ClN5O2S/c1-18-8-15-12(17-18)4-5-16-21(19,20)11-3-2-9(7-14)6-10(11)13/h2-3,6,8,16H,4-5H2,1H3. The van der Waals surface area contributed by atoms with Crippen LogP contribution in [0.2, 0.25) is 5.02 Å². The average molecular weight is 326 g/mol. The van der Waals surface area contributed by atoms with Crippen LogP contribution >= 0.6 is 11.6 Å². The van der Waals surface area contributed by atoms with Crippen LogP contribution in [0.5, 0.6) is 0 Å². The lowest BCUT2D eigenvalue weighted by molar-refractivity contribution is 0.580. The molecule has 7 nitrogen and oxygen atoms in total. The molecule has 1 N–H and O–H groups in total. The highest BCUT2D eigenvalue weighted by atomic mass is 35.5. The van der Waals surface area contributed by atoms with Gasteiger partial charge in [0.2, 0.25) is 10.0 Å². The van der Waals surface area contributed by atoms with E-state index in [1.54, 1.807) is 18.1 Å². The van der Waals surface area contributed by atoms with Gasteiger partial charge in [-0.2, -0.15) is 10.4 Å². The minimum Gasteiger partial charge on any atom is -0.256 e. The number of nitrogens with zero attached hydrogens (tertiary/aromatic N) is 4. The SMILES string of the molecule is Cn1cnc(CCNS(=O)(=O)c2ccc(C#N)cc2Cl)n1. The minimum absolute atomic E-state index is 0.0116. The van der Waals surface area contributed by atoms with Gasteiger partial charge in [0.1, 0.15) is 11.2 Å². The first kappa shape index (κ1) is 15.4. The van der Waals surface area contributed by atoms with Gasteiger partial charge in [0.05, 0.1) is 16.7 Å². The van der Waals surface area contributed by atoms with E-state index in [0.717, 1.165) is 0 Å². The van der Waals surface area contributed by atoms with Gasteiger partial charge in [0.15, 0.2) is 5.82 Å². The molecule has 1 heterocycles.